The summed E-state index contributed by atoms with van der Waals surface area (Å²) in [4.78, 5) is 12.5. The fourth-order valence-electron chi connectivity index (χ4n) is 2.43. The molecule has 1 amide bonds. The van der Waals surface area contributed by atoms with E-state index in [4.69, 9.17) is 0 Å². The van der Waals surface area contributed by atoms with Crippen LogP contribution in [0.2, 0.25) is 0 Å². The Labute approximate surface area is 134 Å². The Morgan fingerprint density at radius 3 is 2.61 bits per heavy atom. The molecular weight excluding hydrogens is 290 g/mol. The van der Waals surface area contributed by atoms with Gasteiger partial charge in [-0.3, -0.25) is 9.48 Å². The van der Waals surface area contributed by atoms with Crippen LogP contribution in [0.4, 0.5) is 5.82 Å². The van der Waals surface area contributed by atoms with Gasteiger partial charge in [0.2, 0.25) is 0 Å². The molecule has 118 valence electrons. The first kappa shape index (κ1) is 15.0. The predicted molar refractivity (Wildman–Crippen MR) is 88.4 cm³/mol. The van der Waals surface area contributed by atoms with Crippen molar-refractivity contribution in [1.29, 1.82) is 0 Å². The first-order chi connectivity index (χ1) is 11.0. The molecule has 2 heterocycles. The lowest BCUT2D eigenvalue weighted by Crippen LogP contribution is -2.16. The Bertz CT molecular complexity index is 832. The van der Waals surface area contributed by atoms with Gasteiger partial charge < -0.3 is 5.32 Å². The molecule has 2 aromatic heterocycles. The molecule has 3 aromatic rings. The number of rotatable bonds is 4. The summed E-state index contributed by atoms with van der Waals surface area (Å²) in [6.45, 7) is 4.39. The molecule has 0 aliphatic rings. The van der Waals surface area contributed by atoms with Crippen LogP contribution in [0.15, 0.2) is 42.6 Å². The minimum absolute atomic E-state index is 0.176. The van der Waals surface area contributed by atoms with Crippen LogP contribution < -0.4 is 5.32 Å². The van der Waals surface area contributed by atoms with Gasteiger partial charge in [0.25, 0.3) is 5.91 Å². The Kier molecular flexibility index (Phi) is 3.97. The predicted octanol–water partition coefficient (Wildman–Crippen LogP) is 2.53. The molecule has 0 bridgehead atoms. The molecule has 3 rings (SSSR count). The summed E-state index contributed by atoms with van der Waals surface area (Å²) in [6, 6.07) is 11.9. The monoisotopic (exact) mass is 309 g/mol. The summed E-state index contributed by atoms with van der Waals surface area (Å²) in [7, 11) is 1.82. The minimum atomic E-state index is -0.176. The van der Waals surface area contributed by atoms with E-state index in [1.165, 1.54) is 0 Å². The Morgan fingerprint density at radius 1 is 1.22 bits per heavy atom. The van der Waals surface area contributed by atoms with Crippen LogP contribution in [0.25, 0.3) is 0 Å². The zero-order chi connectivity index (χ0) is 16.4. The third-order valence-electron chi connectivity index (χ3n) is 3.80. The summed E-state index contributed by atoms with van der Waals surface area (Å²) in [5.74, 6) is 0.504. The number of amides is 1. The molecular formula is C17H19N5O. The second-order valence-electron chi connectivity index (χ2n) is 5.54. The van der Waals surface area contributed by atoms with Gasteiger partial charge in [0, 0.05) is 18.8 Å². The number of aryl methyl sites for hydroxylation is 2. The smallest absolute Gasteiger partial charge is 0.260 e. The molecule has 6 heteroatoms. The van der Waals surface area contributed by atoms with Crippen molar-refractivity contribution in [3.05, 3.63) is 65.1 Å². The number of nitrogens with one attached hydrogen (secondary N) is 1. The van der Waals surface area contributed by atoms with Crippen molar-refractivity contribution in [2.45, 2.75) is 20.4 Å². The lowest BCUT2D eigenvalue weighted by atomic mass is 10.2. The van der Waals surface area contributed by atoms with E-state index in [9.17, 15) is 4.79 Å². The Balaban J connectivity index is 1.83. The highest BCUT2D eigenvalue weighted by atomic mass is 16.1. The average Bonchev–Trinajstić information content (AvgIpc) is 3.03. The number of carbonyl (C=O) groups is 1. The van der Waals surface area contributed by atoms with E-state index in [1.807, 2.05) is 57.3 Å². The van der Waals surface area contributed by atoms with Crippen LogP contribution in [-0.4, -0.2) is 25.5 Å². The van der Waals surface area contributed by atoms with E-state index in [0.29, 0.717) is 17.9 Å². The average molecular weight is 309 g/mol. The van der Waals surface area contributed by atoms with Crippen molar-refractivity contribution in [2.24, 2.45) is 7.05 Å². The van der Waals surface area contributed by atoms with Gasteiger partial charge in [-0.25, -0.2) is 4.68 Å². The molecule has 0 aliphatic carbocycles. The highest BCUT2D eigenvalue weighted by Crippen LogP contribution is 2.15. The number of nitrogens with zero attached hydrogens (tertiary/aromatic N) is 4. The SMILES string of the molecule is Cc1cc(NC(=O)c2cnn(C)c2C)n(Cc2ccccc2)n1. The first-order valence-corrected chi connectivity index (χ1v) is 7.43. The highest BCUT2D eigenvalue weighted by molar-refractivity contribution is 6.04. The maximum atomic E-state index is 12.5. The third kappa shape index (κ3) is 3.15. The van der Waals surface area contributed by atoms with Crippen molar-refractivity contribution in [3.8, 4) is 0 Å². The second kappa shape index (κ2) is 6.08. The zero-order valence-electron chi connectivity index (χ0n) is 13.4. The number of aromatic nitrogens is 4. The van der Waals surface area contributed by atoms with Crippen molar-refractivity contribution in [1.82, 2.24) is 19.6 Å². The van der Waals surface area contributed by atoms with E-state index >= 15 is 0 Å². The van der Waals surface area contributed by atoms with Crippen molar-refractivity contribution < 1.29 is 4.79 Å². The molecule has 0 saturated heterocycles. The van der Waals surface area contributed by atoms with Crippen LogP contribution in [0.3, 0.4) is 0 Å². The summed E-state index contributed by atoms with van der Waals surface area (Å²) in [5.41, 5.74) is 3.38. The van der Waals surface area contributed by atoms with Gasteiger partial charge in [0.05, 0.1) is 24.0 Å². The number of hydrogen-bond acceptors (Lipinski definition) is 3. The molecule has 0 aliphatic heterocycles. The van der Waals surface area contributed by atoms with Crippen LogP contribution in [0.1, 0.15) is 27.3 Å². The van der Waals surface area contributed by atoms with Crippen LogP contribution in [0.5, 0.6) is 0 Å². The molecule has 0 fully saturated rings. The summed E-state index contributed by atoms with van der Waals surface area (Å²) >= 11 is 0. The number of carbonyl (C=O) groups excluding carboxylic acids is 1. The van der Waals surface area contributed by atoms with Crippen LogP contribution >= 0.6 is 0 Å². The maximum Gasteiger partial charge on any atom is 0.260 e. The van der Waals surface area contributed by atoms with Gasteiger partial charge in [-0.15, -0.1) is 0 Å². The van der Waals surface area contributed by atoms with E-state index in [-0.39, 0.29) is 5.91 Å². The quantitative estimate of drug-likeness (QED) is 0.805. The molecule has 1 N–H and O–H groups in total. The van der Waals surface area contributed by atoms with Gasteiger partial charge in [0.1, 0.15) is 5.82 Å². The second-order valence-corrected chi connectivity index (χ2v) is 5.54. The fraction of sp³-hybridized carbons (Fsp3) is 0.235. The van der Waals surface area contributed by atoms with Crippen LogP contribution in [-0.2, 0) is 13.6 Å². The molecule has 6 nitrogen and oxygen atoms in total. The molecule has 23 heavy (non-hydrogen) atoms. The van der Waals surface area contributed by atoms with Crippen molar-refractivity contribution >= 4 is 11.7 Å². The van der Waals surface area contributed by atoms with E-state index in [1.54, 1.807) is 15.6 Å². The zero-order valence-corrected chi connectivity index (χ0v) is 13.4. The largest absolute Gasteiger partial charge is 0.307 e. The number of hydrogen-bond donors (Lipinski definition) is 1. The van der Waals surface area contributed by atoms with Crippen molar-refractivity contribution in [2.75, 3.05) is 5.32 Å². The normalized spacial score (nSPS) is 10.7. The maximum absolute atomic E-state index is 12.5. The lowest BCUT2D eigenvalue weighted by Gasteiger charge is -2.09. The summed E-state index contributed by atoms with van der Waals surface area (Å²) < 4.78 is 3.48. The number of anilines is 1. The third-order valence-corrected chi connectivity index (χ3v) is 3.80. The molecule has 0 atom stereocenters. The van der Waals surface area contributed by atoms with E-state index in [0.717, 1.165) is 17.0 Å². The highest BCUT2D eigenvalue weighted by Gasteiger charge is 2.15. The van der Waals surface area contributed by atoms with Crippen LogP contribution in [0, 0.1) is 13.8 Å². The van der Waals surface area contributed by atoms with Gasteiger partial charge in [-0.05, 0) is 19.4 Å². The van der Waals surface area contributed by atoms with E-state index < -0.39 is 0 Å². The number of benzene rings is 1. The lowest BCUT2D eigenvalue weighted by molar-refractivity contribution is 0.102. The van der Waals surface area contributed by atoms with Gasteiger partial charge >= 0.3 is 0 Å². The Hall–Kier alpha value is -2.89. The fourth-order valence-corrected chi connectivity index (χ4v) is 2.43. The van der Waals surface area contributed by atoms with Crippen molar-refractivity contribution in [3.63, 3.8) is 0 Å². The topological polar surface area (TPSA) is 64.7 Å². The summed E-state index contributed by atoms with van der Waals surface area (Å²) in [6.07, 6.45) is 1.58. The summed E-state index contributed by atoms with van der Waals surface area (Å²) in [5, 5.41) is 11.5. The molecule has 0 unspecified atom stereocenters. The van der Waals surface area contributed by atoms with Gasteiger partial charge in [-0.2, -0.15) is 10.2 Å². The molecule has 0 saturated carbocycles. The molecule has 1 aromatic carbocycles. The Morgan fingerprint density at radius 2 is 1.96 bits per heavy atom. The minimum Gasteiger partial charge on any atom is -0.307 e. The van der Waals surface area contributed by atoms with E-state index in [2.05, 4.69) is 15.5 Å². The van der Waals surface area contributed by atoms with Gasteiger partial charge in [0.15, 0.2) is 0 Å². The molecule has 0 spiro atoms. The standard InChI is InChI=1S/C17H19N5O/c1-12-9-16(19-17(23)15-10-18-21(3)13(15)2)22(20-12)11-14-7-5-4-6-8-14/h4-10H,11H2,1-3H3,(H,19,23). The first-order valence-electron chi connectivity index (χ1n) is 7.43. The van der Waals surface area contributed by atoms with Gasteiger partial charge in [-0.1, -0.05) is 30.3 Å². The molecule has 0 radical (unpaired) electrons.